The number of ether oxygens (including phenoxy) is 1. The van der Waals surface area contributed by atoms with Crippen molar-refractivity contribution in [1.29, 1.82) is 0 Å². The van der Waals surface area contributed by atoms with Gasteiger partial charge in [0.2, 0.25) is 0 Å². The minimum Gasteiger partial charge on any atom is -0.444 e. The third kappa shape index (κ3) is 8.27. The van der Waals surface area contributed by atoms with Gasteiger partial charge in [-0.25, -0.2) is 4.79 Å². The molecule has 0 bridgehead atoms. The van der Waals surface area contributed by atoms with Gasteiger partial charge in [-0.1, -0.05) is 12.8 Å². The highest BCUT2D eigenvalue weighted by Gasteiger charge is 2.27. The van der Waals surface area contributed by atoms with E-state index in [-0.39, 0.29) is 6.09 Å². The highest BCUT2D eigenvalue weighted by atomic mass is 16.6. The number of aliphatic hydroxyl groups is 1. The number of aliphatic hydroxyl groups excluding tert-OH is 1. The zero-order valence-corrected chi connectivity index (χ0v) is 13.9. The Morgan fingerprint density at radius 2 is 2.00 bits per heavy atom. The van der Waals surface area contributed by atoms with Gasteiger partial charge in [0.05, 0.1) is 0 Å². The van der Waals surface area contributed by atoms with Crippen molar-refractivity contribution in [3.8, 4) is 0 Å². The number of hydrogen-bond acceptors (Lipinski definition) is 4. The molecule has 0 aromatic carbocycles. The van der Waals surface area contributed by atoms with E-state index in [1.54, 1.807) is 0 Å². The van der Waals surface area contributed by atoms with Crippen LogP contribution < -0.4 is 5.32 Å². The molecule has 0 spiro atoms. The Kier molecular flexibility index (Phi) is 8.04. The Balaban J connectivity index is 2.21. The molecule has 21 heavy (non-hydrogen) atoms. The van der Waals surface area contributed by atoms with Crippen LogP contribution in [0.1, 0.15) is 59.3 Å². The average molecular weight is 300 g/mol. The van der Waals surface area contributed by atoms with Gasteiger partial charge in [-0.15, -0.1) is 0 Å². The van der Waals surface area contributed by atoms with E-state index >= 15 is 0 Å². The molecule has 124 valence electrons. The summed E-state index contributed by atoms with van der Waals surface area (Å²) in [6.45, 7) is 8.51. The van der Waals surface area contributed by atoms with Crippen molar-refractivity contribution >= 4 is 6.09 Å². The number of rotatable bonds is 7. The number of likely N-dealkylation sites (tertiary alicyclic amines) is 1. The van der Waals surface area contributed by atoms with Crippen molar-refractivity contribution in [3.05, 3.63) is 0 Å². The van der Waals surface area contributed by atoms with Gasteiger partial charge >= 0.3 is 6.09 Å². The number of piperidine rings is 1. The van der Waals surface area contributed by atoms with E-state index in [0.29, 0.717) is 12.6 Å². The molecule has 2 N–H and O–H groups in total. The summed E-state index contributed by atoms with van der Waals surface area (Å²) in [5, 5.41) is 12.3. The number of nitrogens with one attached hydrogen (secondary N) is 1. The predicted molar refractivity (Wildman–Crippen MR) is 84.4 cm³/mol. The third-order valence-electron chi connectivity index (χ3n) is 3.59. The fraction of sp³-hybridized carbons (Fsp3) is 0.938. The summed E-state index contributed by atoms with van der Waals surface area (Å²) in [7, 11) is 0. The Morgan fingerprint density at radius 3 is 2.67 bits per heavy atom. The largest absolute Gasteiger partial charge is 0.444 e. The minimum absolute atomic E-state index is 0.197. The minimum atomic E-state index is -0.426. The molecular weight excluding hydrogens is 268 g/mol. The van der Waals surface area contributed by atoms with Gasteiger partial charge in [0.25, 0.3) is 0 Å². The van der Waals surface area contributed by atoms with Crippen molar-refractivity contribution in [3.63, 3.8) is 0 Å². The fourth-order valence-corrected chi connectivity index (χ4v) is 2.53. The van der Waals surface area contributed by atoms with E-state index in [1.807, 2.05) is 25.7 Å². The molecule has 1 aliphatic rings. The van der Waals surface area contributed by atoms with Crippen molar-refractivity contribution in [1.82, 2.24) is 10.2 Å². The Bertz CT molecular complexity index is 302. The maximum Gasteiger partial charge on any atom is 0.410 e. The molecule has 0 saturated carbocycles. The topological polar surface area (TPSA) is 61.8 Å². The molecule has 1 rings (SSSR count). The summed E-state index contributed by atoms with van der Waals surface area (Å²) in [6.07, 6.45) is 6.22. The van der Waals surface area contributed by atoms with Crippen LogP contribution >= 0.6 is 0 Å². The van der Waals surface area contributed by atoms with E-state index in [9.17, 15) is 4.79 Å². The molecule has 0 aromatic heterocycles. The maximum atomic E-state index is 12.1. The number of carbonyl (C=O) groups is 1. The van der Waals surface area contributed by atoms with Crippen LogP contribution in [-0.4, -0.2) is 54.0 Å². The number of amides is 1. The second kappa shape index (κ2) is 9.26. The summed E-state index contributed by atoms with van der Waals surface area (Å²) >= 11 is 0. The predicted octanol–water partition coefficient (Wildman–Crippen LogP) is 2.53. The molecular formula is C16H32N2O3. The van der Waals surface area contributed by atoms with Crippen LogP contribution in [0.5, 0.6) is 0 Å². The zero-order valence-electron chi connectivity index (χ0n) is 13.9. The average Bonchev–Trinajstić information content (AvgIpc) is 2.41. The molecule has 5 nitrogen and oxygen atoms in total. The van der Waals surface area contributed by atoms with Crippen LogP contribution in [0.2, 0.25) is 0 Å². The van der Waals surface area contributed by atoms with Crippen LogP contribution in [0.3, 0.4) is 0 Å². The first-order valence-corrected chi connectivity index (χ1v) is 8.24. The SMILES string of the molecule is CC(C)(C)OC(=O)N1CCCC(NCCCCCCO)C1. The van der Waals surface area contributed by atoms with E-state index in [0.717, 1.165) is 58.2 Å². The maximum absolute atomic E-state index is 12.1. The molecule has 1 unspecified atom stereocenters. The standard InChI is InChI=1S/C16H32N2O3/c1-16(2,3)21-15(20)18-11-8-9-14(13-18)17-10-6-4-5-7-12-19/h14,17,19H,4-13H2,1-3H3. The zero-order chi connectivity index (χ0) is 15.7. The monoisotopic (exact) mass is 300 g/mol. The van der Waals surface area contributed by atoms with Crippen LogP contribution in [-0.2, 0) is 4.74 Å². The van der Waals surface area contributed by atoms with Crippen LogP contribution in [0.4, 0.5) is 4.79 Å². The van der Waals surface area contributed by atoms with E-state index in [1.165, 1.54) is 0 Å². The highest BCUT2D eigenvalue weighted by Crippen LogP contribution is 2.15. The third-order valence-corrected chi connectivity index (χ3v) is 3.59. The summed E-state index contributed by atoms with van der Waals surface area (Å²) in [6, 6.07) is 0.379. The molecule has 1 fully saturated rings. The molecule has 0 aliphatic carbocycles. The Hall–Kier alpha value is -0.810. The molecule has 1 atom stereocenters. The number of carbonyl (C=O) groups excluding carboxylic acids is 1. The highest BCUT2D eigenvalue weighted by molar-refractivity contribution is 5.68. The molecule has 1 saturated heterocycles. The summed E-state index contributed by atoms with van der Waals surface area (Å²) in [5.74, 6) is 0. The fourth-order valence-electron chi connectivity index (χ4n) is 2.53. The molecule has 0 radical (unpaired) electrons. The lowest BCUT2D eigenvalue weighted by atomic mass is 10.1. The molecule has 1 aliphatic heterocycles. The van der Waals surface area contributed by atoms with Gasteiger partial charge in [0.15, 0.2) is 0 Å². The van der Waals surface area contributed by atoms with Crippen molar-refractivity contribution in [2.75, 3.05) is 26.2 Å². The van der Waals surface area contributed by atoms with Crippen LogP contribution in [0.15, 0.2) is 0 Å². The summed E-state index contributed by atoms with van der Waals surface area (Å²) < 4.78 is 5.43. The Morgan fingerprint density at radius 1 is 1.29 bits per heavy atom. The molecule has 5 heteroatoms. The molecule has 1 heterocycles. The quantitative estimate of drug-likeness (QED) is 0.709. The first-order chi connectivity index (χ1) is 9.92. The second-order valence-electron chi connectivity index (χ2n) is 6.86. The van der Waals surface area contributed by atoms with Crippen LogP contribution in [0.25, 0.3) is 0 Å². The lowest BCUT2D eigenvalue weighted by Crippen LogP contribution is -2.49. The van der Waals surface area contributed by atoms with Gasteiger partial charge in [0, 0.05) is 25.7 Å². The van der Waals surface area contributed by atoms with Crippen molar-refractivity contribution in [2.24, 2.45) is 0 Å². The molecule has 1 amide bonds. The molecule has 0 aromatic rings. The van der Waals surface area contributed by atoms with Gasteiger partial charge in [0.1, 0.15) is 5.60 Å². The summed E-state index contributed by atoms with van der Waals surface area (Å²) in [4.78, 5) is 13.9. The van der Waals surface area contributed by atoms with E-state index in [4.69, 9.17) is 9.84 Å². The normalized spacial score (nSPS) is 19.6. The second-order valence-corrected chi connectivity index (χ2v) is 6.86. The van der Waals surface area contributed by atoms with Gasteiger partial charge < -0.3 is 20.1 Å². The van der Waals surface area contributed by atoms with E-state index in [2.05, 4.69) is 5.32 Å². The first kappa shape index (κ1) is 18.2. The Labute approximate surface area is 129 Å². The number of unbranched alkanes of at least 4 members (excludes halogenated alkanes) is 3. The first-order valence-electron chi connectivity index (χ1n) is 8.24. The van der Waals surface area contributed by atoms with E-state index < -0.39 is 5.60 Å². The van der Waals surface area contributed by atoms with Crippen molar-refractivity contribution in [2.45, 2.75) is 70.9 Å². The van der Waals surface area contributed by atoms with Gasteiger partial charge in [-0.05, 0) is 53.0 Å². The number of hydrogen-bond donors (Lipinski definition) is 2. The lowest BCUT2D eigenvalue weighted by Gasteiger charge is -2.34. The van der Waals surface area contributed by atoms with Crippen molar-refractivity contribution < 1.29 is 14.6 Å². The smallest absolute Gasteiger partial charge is 0.410 e. The summed E-state index contributed by atoms with van der Waals surface area (Å²) in [5.41, 5.74) is -0.426. The number of nitrogens with zero attached hydrogens (tertiary/aromatic N) is 1. The lowest BCUT2D eigenvalue weighted by molar-refractivity contribution is 0.0187. The van der Waals surface area contributed by atoms with Gasteiger partial charge in [-0.3, -0.25) is 0 Å². The van der Waals surface area contributed by atoms with Gasteiger partial charge in [-0.2, -0.15) is 0 Å². The van der Waals surface area contributed by atoms with Crippen LogP contribution in [0, 0.1) is 0 Å².